The molecule has 1 aromatic carbocycles. The van der Waals surface area contributed by atoms with E-state index in [9.17, 15) is 19.2 Å². The van der Waals surface area contributed by atoms with E-state index in [1.54, 1.807) is 13.8 Å². The number of esters is 1. The zero-order valence-corrected chi connectivity index (χ0v) is 22.7. The minimum Gasteiger partial charge on any atom is -0.462 e. The highest BCUT2D eigenvalue weighted by molar-refractivity contribution is 6.42. The molecule has 0 unspecified atom stereocenters. The van der Waals surface area contributed by atoms with Crippen molar-refractivity contribution in [2.75, 3.05) is 6.61 Å². The number of rotatable bonds is 5. The van der Waals surface area contributed by atoms with Crippen LogP contribution in [0.25, 0.3) is 0 Å². The second-order valence-electron chi connectivity index (χ2n) is 10.4. The Hall–Kier alpha value is -2.94. The van der Waals surface area contributed by atoms with Crippen molar-refractivity contribution in [2.24, 2.45) is 34.6 Å². The summed E-state index contributed by atoms with van der Waals surface area (Å²) >= 11 is 4.60. The molecule has 2 saturated carbocycles. The minimum atomic E-state index is -0.399. The number of ketones is 1. The van der Waals surface area contributed by atoms with Crippen molar-refractivity contribution in [1.82, 2.24) is 5.32 Å². The maximum absolute atomic E-state index is 13.9. The van der Waals surface area contributed by atoms with Gasteiger partial charge in [0, 0.05) is 30.7 Å². The molecule has 4 aliphatic rings. The van der Waals surface area contributed by atoms with Gasteiger partial charge < -0.3 is 19.1 Å². The number of carbonyl (C=O) groups excluding carboxylic acids is 4. The summed E-state index contributed by atoms with van der Waals surface area (Å²) < 4.78 is 14.4. The normalized spacial score (nSPS) is 30.8. The van der Waals surface area contributed by atoms with Crippen molar-refractivity contribution in [3.63, 3.8) is 0 Å². The van der Waals surface area contributed by atoms with Gasteiger partial charge >= 0.3 is 18.0 Å². The molecule has 2 aliphatic heterocycles. The summed E-state index contributed by atoms with van der Waals surface area (Å²) in [5, 5.41) is 2.96. The third-order valence-corrected chi connectivity index (χ3v) is 8.42. The van der Waals surface area contributed by atoms with Crippen LogP contribution in [0.3, 0.4) is 0 Å². The first-order valence-electron chi connectivity index (χ1n) is 13.4. The Morgan fingerprint density at radius 2 is 1.92 bits per heavy atom. The molecule has 10 heteroatoms. The van der Waals surface area contributed by atoms with Crippen molar-refractivity contribution in [3.8, 4) is 0 Å². The Labute approximate surface area is 227 Å². The molecule has 206 valence electrons. The number of hydrogen-bond acceptors (Lipinski definition) is 8. The number of carbonyl (C=O) groups is 4. The van der Waals surface area contributed by atoms with Crippen LogP contribution in [0.4, 0.5) is 10.5 Å². The molecule has 1 saturated heterocycles. The van der Waals surface area contributed by atoms with E-state index in [1.807, 2.05) is 31.2 Å². The number of halogens is 1. The number of fused-ring (bicyclic) bond motifs is 3. The molecule has 1 N–H and O–H groups in total. The number of hydrogen-bond donors (Lipinski definition) is 1. The largest absolute Gasteiger partial charge is 0.462 e. The first-order valence-corrected chi connectivity index (χ1v) is 13.7. The van der Waals surface area contributed by atoms with Crippen LogP contribution in [0.1, 0.15) is 58.4 Å². The molecule has 1 aromatic rings. The Morgan fingerprint density at radius 3 is 2.58 bits per heavy atom. The Morgan fingerprint density at radius 1 is 1.16 bits per heavy atom. The molecule has 0 radical (unpaired) electrons. The number of nitrogens with zero attached hydrogens (tertiary/aromatic N) is 1. The summed E-state index contributed by atoms with van der Waals surface area (Å²) in [7, 11) is 0. The number of aliphatic imine (C=N–C) groups is 1. The van der Waals surface area contributed by atoms with E-state index in [-0.39, 0.29) is 53.5 Å². The quantitative estimate of drug-likeness (QED) is 0.531. The van der Waals surface area contributed by atoms with Crippen molar-refractivity contribution < 1.29 is 32.9 Å². The van der Waals surface area contributed by atoms with Crippen LogP contribution in [0.15, 0.2) is 29.3 Å². The van der Waals surface area contributed by atoms with E-state index in [4.69, 9.17) is 9.47 Å². The summed E-state index contributed by atoms with van der Waals surface area (Å²) in [4.78, 5) is 52.9. The van der Waals surface area contributed by atoms with Gasteiger partial charge in [-0.2, -0.15) is 0 Å². The number of para-hydroxylation sites is 1. The maximum Gasteiger partial charge on any atom is 0.407 e. The smallest absolute Gasteiger partial charge is 0.407 e. The molecule has 9 nitrogen and oxygen atoms in total. The summed E-state index contributed by atoms with van der Waals surface area (Å²) in [5.74, 6) is -0.763. The molecule has 7 atom stereocenters. The van der Waals surface area contributed by atoms with Crippen LogP contribution in [0.2, 0.25) is 0 Å². The molecule has 2 aliphatic carbocycles. The Bertz CT molecular complexity index is 1100. The van der Waals surface area contributed by atoms with E-state index < -0.39 is 12.1 Å². The lowest BCUT2D eigenvalue weighted by Gasteiger charge is -2.47. The van der Waals surface area contributed by atoms with E-state index >= 15 is 0 Å². The van der Waals surface area contributed by atoms with Gasteiger partial charge in [0.15, 0.2) is 5.78 Å². The summed E-state index contributed by atoms with van der Waals surface area (Å²) in [6.07, 6.45) is 3.34. The van der Waals surface area contributed by atoms with E-state index in [0.29, 0.717) is 25.2 Å². The lowest BCUT2D eigenvalue weighted by atomic mass is 9.55. The minimum absolute atomic E-state index is 0.00512. The number of ether oxygens (including phenoxy) is 2. The first-order chi connectivity index (χ1) is 18.3. The van der Waals surface area contributed by atoms with Crippen LogP contribution in [-0.4, -0.2) is 48.3 Å². The first kappa shape index (κ1) is 28.1. The number of amides is 1. The number of alkyl carbamates (subject to hydrolysis) is 1. The third-order valence-electron chi connectivity index (χ3n) is 8.25. The zero-order chi connectivity index (χ0) is 27.4. The summed E-state index contributed by atoms with van der Waals surface area (Å²) in [6.45, 7) is 5.71. The zero-order valence-electron chi connectivity index (χ0n) is 22.0. The molecule has 5 rings (SSSR count). The van der Waals surface area contributed by atoms with Crippen LogP contribution in [0, 0.1) is 29.6 Å². The van der Waals surface area contributed by atoms with Crippen molar-refractivity contribution in [3.05, 3.63) is 29.8 Å². The number of nitrogens with one attached hydrogen (secondary N) is 1. The molecular weight excluding hydrogens is 512 g/mol. The lowest BCUT2D eigenvalue weighted by molar-refractivity contribution is -0.144. The van der Waals surface area contributed by atoms with Gasteiger partial charge in [-0.15, -0.1) is 0 Å². The van der Waals surface area contributed by atoms with E-state index in [0.717, 1.165) is 36.9 Å². The summed E-state index contributed by atoms with van der Waals surface area (Å²) in [5.41, 5.74) is 2.55. The standard InChI is InChI=1S/C25H30N2O5.C3H5ClO2/c1-3-31-25(30)26-16-8-9-17-15(10-16)11-18-21(13(2)32-24(18)29)22(17)23(28)20-12-14-6-4-5-7-19(14)27-20;1-2-3(5)6-4/h4-7,13,15-18,21-22H,3,8-12H2,1-2H3,(H,26,30);2H2,1H3/t13-,15+,16-,17-,18-,21-,22+;/m1./s1. The fraction of sp³-hybridized carbons (Fsp3) is 0.607. The van der Waals surface area contributed by atoms with Crippen molar-refractivity contribution >= 4 is 47.1 Å². The fourth-order valence-corrected chi connectivity index (χ4v) is 6.74. The number of cyclic esters (lactones) is 1. The lowest BCUT2D eigenvalue weighted by Crippen LogP contribution is -2.52. The topological polar surface area (TPSA) is 120 Å². The molecule has 0 aromatic heterocycles. The van der Waals surface area contributed by atoms with Crippen LogP contribution in [0.5, 0.6) is 0 Å². The highest BCUT2D eigenvalue weighted by Crippen LogP contribution is 2.53. The van der Waals surface area contributed by atoms with Gasteiger partial charge in [0.05, 0.1) is 23.9 Å². The molecule has 3 fully saturated rings. The maximum atomic E-state index is 13.9. The average molecular weight is 547 g/mol. The van der Waals surface area contributed by atoms with Crippen molar-refractivity contribution in [2.45, 2.75) is 71.4 Å². The van der Waals surface area contributed by atoms with Gasteiger partial charge in [-0.1, -0.05) is 25.1 Å². The highest BCUT2D eigenvalue weighted by atomic mass is 35.5. The molecule has 1 amide bonds. The average Bonchev–Trinajstić information content (AvgIpc) is 3.47. The van der Waals surface area contributed by atoms with Crippen LogP contribution < -0.4 is 5.32 Å². The second-order valence-corrected chi connectivity index (χ2v) is 10.6. The van der Waals surface area contributed by atoms with Gasteiger partial charge in [-0.25, -0.2) is 9.79 Å². The van der Waals surface area contributed by atoms with Gasteiger partial charge in [0.2, 0.25) is 0 Å². The van der Waals surface area contributed by atoms with E-state index in [2.05, 4.69) is 26.5 Å². The van der Waals surface area contributed by atoms with E-state index in [1.165, 1.54) is 0 Å². The second kappa shape index (κ2) is 12.3. The van der Waals surface area contributed by atoms with Crippen LogP contribution in [-0.2, 0) is 34.6 Å². The van der Waals surface area contributed by atoms with Gasteiger partial charge in [0.1, 0.15) is 18.0 Å². The number of Topliss-reactive ketones (excluding diaryl/α,β-unsaturated/α-hetero) is 1. The predicted molar refractivity (Wildman–Crippen MR) is 140 cm³/mol. The Balaban J connectivity index is 0.000000505. The summed E-state index contributed by atoms with van der Waals surface area (Å²) in [6, 6.07) is 7.87. The number of benzene rings is 1. The molecule has 0 spiro atoms. The van der Waals surface area contributed by atoms with Gasteiger partial charge in [0.25, 0.3) is 0 Å². The third kappa shape index (κ3) is 5.87. The molecule has 0 bridgehead atoms. The van der Waals surface area contributed by atoms with Crippen molar-refractivity contribution in [1.29, 1.82) is 0 Å². The fourth-order valence-electron chi connectivity index (χ4n) is 6.64. The monoisotopic (exact) mass is 546 g/mol. The highest BCUT2D eigenvalue weighted by Gasteiger charge is 2.58. The molecule has 38 heavy (non-hydrogen) atoms. The predicted octanol–water partition coefficient (Wildman–Crippen LogP) is 4.71. The van der Waals surface area contributed by atoms with Crippen LogP contribution >= 0.6 is 11.9 Å². The molecular formula is C28H35ClN2O7. The molecule has 2 heterocycles. The Kier molecular flexibility index (Phi) is 9.07. The van der Waals surface area contributed by atoms with Gasteiger partial charge in [-0.3, -0.25) is 14.4 Å². The van der Waals surface area contributed by atoms with Gasteiger partial charge in [-0.05, 0) is 63.0 Å². The SMILES string of the molecule is CCC(=O)OCl.CCOC(=O)N[C@@H]1CC[C@@H]2[C@@H](C1)C[C@H]1C(=O)O[C@H](C)[C@H]1[C@H]2C(=O)C1=Nc2ccccc2C1.